The third-order valence-corrected chi connectivity index (χ3v) is 3.44. The summed E-state index contributed by atoms with van der Waals surface area (Å²) in [7, 11) is 0. The van der Waals surface area contributed by atoms with Crippen LogP contribution in [0.15, 0.2) is 28.7 Å². The van der Waals surface area contributed by atoms with Crippen molar-refractivity contribution < 1.29 is 0 Å². The van der Waals surface area contributed by atoms with E-state index >= 15 is 0 Å². The minimum atomic E-state index is 0.600. The summed E-state index contributed by atoms with van der Waals surface area (Å²) >= 11 is 8.97. The average Bonchev–Trinajstić information content (AvgIpc) is 2.30. The van der Waals surface area contributed by atoms with Gasteiger partial charge in [-0.3, -0.25) is 0 Å². The summed E-state index contributed by atoms with van der Waals surface area (Å²) in [6, 6.07) is 8.08. The molecule has 19 heavy (non-hydrogen) atoms. The number of rotatable bonds is 5. The lowest BCUT2D eigenvalue weighted by molar-refractivity contribution is 0.332. The molecular formula is C15H23BrN2S. The summed E-state index contributed by atoms with van der Waals surface area (Å²) in [5.41, 5.74) is 1.03. The fourth-order valence-electron chi connectivity index (χ4n) is 1.86. The zero-order chi connectivity index (χ0) is 14.4. The van der Waals surface area contributed by atoms with Crippen molar-refractivity contribution in [1.82, 2.24) is 4.90 Å². The van der Waals surface area contributed by atoms with Crippen LogP contribution in [0.5, 0.6) is 0 Å². The molecule has 0 saturated carbocycles. The maximum atomic E-state index is 5.53. The molecule has 0 bridgehead atoms. The molecule has 4 heteroatoms. The second-order valence-electron chi connectivity index (χ2n) is 5.63. The molecule has 0 saturated heterocycles. The van der Waals surface area contributed by atoms with Crippen LogP contribution in [0.4, 0.5) is 5.69 Å². The number of nitrogens with one attached hydrogen (secondary N) is 1. The van der Waals surface area contributed by atoms with Gasteiger partial charge in [0, 0.05) is 23.2 Å². The lowest BCUT2D eigenvalue weighted by Gasteiger charge is -2.29. The van der Waals surface area contributed by atoms with Gasteiger partial charge in [-0.25, -0.2) is 0 Å². The number of halogens is 1. The van der Waals surface area contributed by atoms with E-state index in [1.807, 2.05) is 24.3 Å². The van der Waals surface area contributed by atoms with E-state index in [4.69, 9.17) is 12.2 Å². The van der Waals surface area contributed by atoms with E-state index in [-0.39, 0.29) is 0 Å². The molecule has 0 atom stereocenters. The smallest absolute Gasteiger partial charge is 0.173 e. The number of nitrogens with zero attached hydrogens (tertiary/aromatic N) is 1. The van der Waals surface area contributed by atoms with Crippen molar-refractivity contribution in [3.63, 3.8) is 0 Å². The molecule has 0 heterocycles. The topological polar surface area (TPSA) is 15.3 Å². The lowest BCUT2D eigenvalue weighted by Crippen LogP contribution is -2.39. The van der Waals surface area contributed by atoms with Crippen molar-refractivity contribution in [2.75, 3.05) is 18.4 Å². The van der Waals surface area contributed by atoms with Crippen molar-refractivity contribution in [1.29, 1.82) is 0 Å². The van der Waals surface area contributed by atoms with Crippen molar-refractivity contribution in [3.05, 3.63) is 28.7 Å². The van der Waals surface area contributed by atoms with E-state index in [0.717, 1.165) is 28.4 Å². The van der Waals surface area contributed by atoms with Gasteiger partial charge in [0.25, 0.3) is 0 Å². The number of thiocarbonyl (C=S) groups is 1. The van der Waals surface area contributed by atoms with Crippen molar-refractivity contribution >= 4 is 38.9 Å². The van der Waals surface area contributed by atoms with Crippen LogP contribution in [0, 0.1) is 11.8 Å². The van der Waals surface area contributed by atoms with Crippen LogP contribution in [-0.4, -0.2) is 23.1 Å². The zero-order valence-corrected chi connectivity index (χ0v) is 14.5. The molecule has 0 amide bonds. The Morgan fingerprint density at radius 2 is 1.58 bits per heavy atom. The lowest BCUT2D eigenvalue weighted by atomic mass is 10.1. The molecule has 0 aliphatic carbocycles. The van der Waals surface area contributed by atoms with E-state index in [9.17, 15) is 0 Å². The van der Waals surface area contributed by atoms with Crippen molar-refractivity contribution in [2.24, 2.45) is 11.8 Å². The van der Waals surface area contributed by atoms with Gasteiger partial charge in [0.15, 0.2) is 5.11 Å². The van der Waals surface area contributed by atoms with E-state index in [2.05, 4.69) is 53.8 Å². The predicted molar refractivity (Wildman–Crippen MR) is 91.6 cm³/mol. The second-order valence-corrected chi connectivity index (χ2v) is 6.93. The second kappa shape index (κ2) is 7.85. The maximum absolute atomic E-state index is 5.53. The normalized spacial score (nSPS) is 10.9. The molecule has 0 aliphatic heterocycles. The van der Waals surface area contributed by atoms with Crippen LogP contribution in [0.2, 0.25) is 0 Å². The number of benzene rings is 1. The maximum Gasteiger partial charge on any atom is 0.173 e. The Morgan fingerprint density at radius 3 is 2.00 bits per heavy atom. The largest absolute Gasteiger partial charge is 0.349 e. The standard InChI is InChI=1S/C15H23BrN2S/c1-11(2)9-18(10-12(3)4)15(19)17-14-7-5-13(16)6-8-14/h5-8,11-12H,9-10H2,1-4H3,(H,17,19). The highest BCUT2D eigenvalue weighted by Crippen LogP contribution is 2.15. The van der Waals surface area contributed by atoms with Gasteiger partial charge in [-0.2, -0.15) is 0 Å². The SMILES string of the molecule is CC(C)CN(CC(C)C)C(=S)Nc1ccc(Br)cc1. The highest BCUT2D eigenvalue weighted by molar-refractivity contribution is 9.10. The summed E-state index contributed by atoms with van der Waals surface area (Å²) in [6.45, 7) is 10.8. The minimum Gasteiger partial charge on any atom is -0.349 e. The Balaban J connectivity index is 2.67. The highest BCUT2D eigenvalue weighted by Gasteiger charge is 2.13. The van der Waals surface area contributed by atoms with Gasteiger partial charge in [0.05, 0.1) is 0 Å². The molecule has 0 fully saturated rings. The molecule has 1 aromatic rings. The van der Waals surface area contributed by atoms with E-state index in [0.29, 0.717) is 11.8 Å². The van der Waals surface area contributed by atoms with E-state index in [1.165, 1.54) is 0 Å². The summed E-state index contributed by atoms with van der Waals surface area (Å²) in [5, 5.41) is 4.13. The number of hydrogen-bond acceptors (Lipinski definition) is 1. The van der Waals surface area contributed by atoms with Gasteiger partial charge in [-0.05, 0) is 48.3 Å². The Morgan fingerprint density at radius 1 is 1.11 bits per heavy atom. The first kappa shape index (κ1) is 16.4. The number of anilines is 1. The third-order valence-electron chi connectivity index (χ3n) is 2.55. The highest BCUT2D eigenvalue weighted by atomic mass is 79.9. The molecule has 1 rings (SSSR count). The summed E-state index contributed by atoms with van der Waals surface area (Å²) in [6.07, 6.45) is 0. The molecule has 2 nitrogen and oxygen atoms in total. The quantitative estimate of drug-likeness (QED) is 0.776. The molecular weight excluding hydrogens is 320 g/mol. The van der Waals surface area contributed by atoms with E-state index < -0.39 is 0 Å². The monoisotopic (exact) mass is 342 g/mol. The first-order valence-corrected chi connectivity index (χ1v) is 7.90. The van der Waals surface area contributed by atoms with Gasteiger partial charge >= 0.3 is 0 Å². The molecule has 0 aromatic heterocycles. The Bertz CT molecular complexity index is 391. The molecule has 1 N–H and O–H groups in total. The molecule has 0 unspecified atom stereocenters. The first-order valence-electron chi connectivity index (χ1n) is 6.70. The van der Waals surface area contributed by atoms with Crippen LogP contribution in [-0.2, 0) is 0 Å². The minimum absolute atomic E-state index is 0.600. The molecule has 1 aromatic carbocycles. The van der Waals surface area contributed by atoms with Gasteiger partial charge in [-0.1, -0.05) is 43.6 Å². The zero-order valence-electron chi connectivity index (χ0n) is 12.1. The van der Waals surface area contributed by atoms with E-state index in [1.54, 1.807) is 0 Å². The molecule has 0 spiro atoms. The van der Waals surface area contributed by atoms with Gasteiger partial charge in [-0.15, -0.1) is 0 Å². The van der Waals surface area contributed by atoms with Crippen LogP contribution in [0.25, 0.3) is 0 Å². The fourth-order valence-corrected chi connectivity index (χ4v) is 2.39. The van der Waals surface area contributed by atoms with Gasteiger partial charge in [0.2, 0.25) is 0 Å². The van der Waals surface area contributed by atoms with Gasteiger partial charge < -0.3 is 10.2 Å². The Hall–Kier alpha value is -0.610. The Kier molecular flexibility index (Phi) is 6.80. The first-order chi connectivity index (χ1) is 8.88. The molecule has 0 aliphatic rings. The summed E-state index contributed by atoms with van der Waals surface area (Å²) in [4.78, 5) is 2.26. The van der Waals surface area contributed by atoms with Gasteiger partial charge in [0.1, 0.15) is 0 Å². The average molecular weight is 343 g/mol. The van der Waals surface area contributed by atoms with Crippen LogP contribution in [0.3, 0.4) is 0 Å². The fraction of sp³-hybridized carbons (Fsp3) is 0.533. The Labute approximate surface area is 130 Å². The molecule has 106 valence electrons. The molecule has 0 radical (unpaired) electrons. The van der Waals surface area contributed by atoms with Crippen molar-refractivity contribution in [3.8, 4) is 0 Å². The van der Waals surface area contributed by atoms with Crippen LogP contribution < -0.4 is 5.32 Å². The van der Waals surface area contributed by atoms with Crippen LogP contribution in [0.1, 0.15) is 27.7 Å². The summed E-state index contributed by atoms with van der Waals surface area (Å²) < 4.78 is 1.07. The third kappa shape index (κ3) is 6.39. The summed E-state index contributed by atoms with van der Waals surface area (Å²) in [5.74, 6) is 1.20. The number of hydrogen-bond donors (Lipinski definition) is 1. The van der Waals surface area contributed by atoms with Crippen molar-refractivity contribution in [2.45, 2.75) is 27.7 Å². The predicted octanol–water partition coefficient (Wildman–Crippen LogP) is 4.76. The van der Waals surface area contributed by atoms with Crippen LogP contribution >= 0.6 is 28.1 Å².